The van der Waals surface area contributed by atoms with E-state index in [0.29, 0.717) is 29.7 Å². The summed E-state index contributed by atoms with van der Waals surface area (Å²) >= 11 is 0.888. The molecule has 16 nitrogen and oxygen atoms in total. The van der Waals surface area contributed by atoms with Crippen LogP contribution in [-0.4, -0.2) is 86.8 Å². The maximum Gasteiger partial charge on any atom is 0.351 e. The molecule has 0 radical (unpaired) electrons. The van der Waals surface area contributed by atoms with E-state index < -0.39 is 69.0 Å². The van der Waals surface area contributed by atoms with E-state index in [1.807, 2.05) is 20.8 Å². The Balaban J connectivity index is 1.31. The summed E-state index contributed by atoms with van der Waals surface area (Å²) in [5, 5.41) is 5.63. The van der Waals surface area contributed by atoms with Crippen molar-refractivity contribution in [2.24, 2.45) is 11.1 Å². The molecule has 5 rings (SSSR count). The Kier molecular flexibility index (Phi) is 15.6. The first-order chi connectivity index (χ1) is 30.2. The number of primary amides is 1. The molecule has 5 amide bonds. The van der Waals surface area contributed by atoms with E-state index in [1.54, 1.807) is 60.7 Å². The van der Waals surface area contributed by atoms with Crippen LogP contribution in [0.5, 0.6) is 0 Å². The first-order valence-corrected chi connectivity index (χ1v) is 22.9. The fourth-order valence-electron chi connectivity index (χ4n) is 6.91. The van der Waals surface area contributed by atoms with Crippen LogP contribution in [0, 0.1) is 5.41 Å². The molecule has 1 fully saturated rings. The van der Waals surface area contributed by atoms with Crippen LogP contribution in [0.1, 0.15) is 88.9 Å². The van der Waals surface area contributed by atoms with Crippen LogP contribution in [0.3, 0.4) is 0 Å². The summed E-state index contributed by atoms with van der Waals surface area (Å²) in [7, 11) is -2.26. The number of anilines is 1. The van der Waals surface area contributed by atoms with E-state index in [4.69, 9.17) is 15.2 Å². The number of carbonyl (C=O) groups is 7. The number of benzene rings is 3. The van der Waals surface area contributed by atoms with Gasteiger partial charge in [-0.25, -0.2) is 13.2 Å². The average Bonchev–Trinajstić information content (AvgIpc) is 3.97. The lowest BCUT2D eigenvalue weighted by Gasteiger charge is -2.36. The lowest BCUT2D eigenvalue weighted by Crippen LogP contribution is -2.57. The van der Waals surface area contributed by atoms with Gasteiger partial charge in [-0.1, -0.05) is 69.3 Å². The van der Waals surface area contributed by atoms with Gasteiger partial charge in [0.1, 0.15) is 16.3 Å². The average molecular weight is 914 g/mol. The Morgan fingerprint density at radius 1 is 0.922 bits per heavy atom. The van der Waals surface area contributed by atoms with Crippen LogP contribution in [0.4, 0.5) is 5.69 Å². The summed E-state index contributed by atoms with van der Waals surface area (Å²) in [6.07, 6.45) is 3.52. The summed E-state index contributed by atoms with van der Waals surface area (Å²) in [6, 6.07) is 20.8. The Morgan fingerprint density at radius 3 is 2.12 bits per heavy atom. The van der Waals surface area contributed by atoms with Crippen molar-refractivity contribution < 1.29 is 51.5 Å². The SMILES string of the molecule is COC(=O)C(OC(C)=O)c1ccc(C=CC(=O)N[C@H](C(=O)N2CCC[C@H]2C(=O)N(Cc2ccc(CNC(=O)c3ccc(S(C)(=O)=O)s3)cc2)c2ccc(C(N)=O)cc2)C(C)(C)C)cc1. The zero-order valence-electron chi connectivity index (χ0n) is 36.3. The number of nitrogens with one attached hydrogen (secondary N) is 2. The number of hydrogen-bond donors (Lipinski definition) is 3. The van der Waals surface area contributed by atoms with E-state index in [-0.39, 0.29) is 40.2 Å². The first kappa shape index (κ1) is 48.4. The van der Waals surface area contributed by atoms with E-state index in [2.05, 4.69) is 10.6 Å². The third-order valence-electron chi connectivity index (χ3n) is 10.3. The molecule has 1 aliphatic rings. The second kappa shape index (κ2) is 20.7. The molecule has 1 saturated heterocycles. The summed E-state index contributed by atoms with van der Waals surface area (Å²) in [4.78, 5) is 94.1. The maximum absolute atomic E-state index is 14.7. The van der Waals surface area contributed by atoms with Gasteiger partial charge in [0.2, 0.25) is 29.7 Å². The molecule has 1 unspecified atom stereocenters. The number of thiophene rings is 1. The number of methoxy groups -OCH3 is 1. The standard InChI is InChI=1S/C46H51N5O11S2/c1-28(52)62-39(45(58)61-5)32-16-13-29(14-17-32)15-23-37(53)49-40(46(2,3)4)44(57)50-25-7-8-35(50)43(56)51(34-20-18-33(19-21-34)41(47)54)27-31-11-9-30(10-12-31)26-48-42(55)36-22-24-38(63-36)64(6,59)60/h9-24,35,39-40H,7-8,25-27H2,1-6H3,(H2,47,54)(H,48,55)(H,49,53)/t35-,39?,40+/m0/s1. The fourth-order valence-corrected chi connectivity index (χ4v) is 8.75. The number of carbonyl (C=O) groups excluding carboxylic acids is 7. The lowest BCUT2D eigenvalue weighted by molar-refractivity contribution is -0.165. The van der Waals surface area contributed by atoms with Gasteiger partial charge in [-0.3, -0.25) is 28.8 Å². The van der Waals surface area contributed by atoms with Crippen LogP contribution < -0.4 is 21.3 Å². The van der Waals surface area contributed by atoms with Crippen molar-refractivity contribution in [1.82, 2.24) is 15.5 Å². The smallest absolute Gasteiger partial charge is 0.351 e. The number of likely N-dealkylation sites (tertiary alicyclic amines) is 1. The van der Waals surface area contributed by atoms with Crippen molar-refractivity contribution in [2.45, 2.75) is 76.0 Å². The number of sulfone groups is 1. The highest BCUT2D eigenvalue weighted by Crippen LogP contribution is 2.30. The molecule has 3 aromatic carbocycles. The number of hydrogen-bond acceptors (Lipinski definition) is 12. The molecular formula is C46H51N5O11S2. The number of ether oxygens (including phenoxy) is 2. The quantitative estimate of drug-likeness (QED) is 0.103. The highest BCUT2D eigenvalue weighted by molar-refractivity contribution is 7.92. The number of rotatable bonds is 16. The number of nitrogens with two attached hydrogens (primary N) is 1. The Morgan fingerprint density at radius 2 is 1.56 bits per heavy atom. The molecular weight excluding hydrogens is 863 g/mol. The molecule has 4 N–H and O–H groups in total. The van der Waals surface area contributed by atoms with Crippen LogP contribution >= 0.6 is 11.3 Å². The zero-order valence-corrected chi connectivity index (χ0v) is 37.9. The van der Waals surface area contributed by atoms with Gasteiger partial charge in [0, 0.05) is 49.2 Å². The molecule has 338 valence electrons. The maximum atomic E-state index is 14.7. The van der Waals surface area contributed by atoms with Gasteiger partial charge in [-0.05, 0) is 77.4 Å². The van der Waals surface area contributed by atoms with Gasteiger partial charge in [0.25, 0.3) is 5.91 Å². The predicted molar refractivity (Wildman–Crippen MR) is 239 cm³/mol. The second-order valence-corrected chi connectivity index (χ2v) is 19.6. The van der Waals surface area contributed by atoms with E-state index in [1.165, 1.54) is 60.3 Å². The zero-order chi connectivity index (χ0) is 46.9. The lowest BCUT2D eigenvalue weighted by atomic mass is 9.85. The first-order valence-electron chi connectivity index (χ1n) is 20.2. The van der Waals surface area contributed by atoms with Crippen molar-refractivity contribution in [2.75, 3.05) is 24.8 Å². The third kappa shape index (κ3) is 12.5. The molecule has 64 heavy (non-hydrogen) atoms. The largest absolute Gasteiger partial charge is 0.466 e. The Labute approximate surface area is 375 Å². The molecule has 0 saturated carbocycles. The van der Waals surface area contributed by atoms with Crippen molar-refractivity contribution in [1.29, 1.82) is 0 Å². The molecule has 1 aromatic heterocycles. The topological polar surface area (TPSA) is 229 Å². The van der Waals surface area contributed by atoms with Crippen molar-refractivity contribution in [3.63, 3.8) is 0 Å². The third-order valence-corrected chi connectivity index (χ3v) is 13.2. The monoisotopic (exact) mass is 913 g/mol. The molecule has 0 spiro atoms. The molecule has 2 heterocycles. The minimum atomic E-state index is -3.44. The number of esters is 2. The molecule has 4 aromatic rings. The van der Waals surface area contributed by atoms with Crippen LogP contribution in [-0.2, 0) is 56.4 Å². The summed E-state index contributed by atoms with van der Waals surface area (Å²) in [5.41, 5.74) is 7.86. The molecule has 3 atom stereocenters. The van der Waals surface area contributed by atoms with Crippen LogP contribution in [0.15, 0.2) is 95.2 Å². The predicted octanol–water partition coefficient (Wildman–Crippen LogP) is 4.73. The van der Waals surface area contributed by atoms with Gasteiger partial charge < -0.3 is 35.6 Å². The molecule has 0 aliphatic carbocycles. The van der Waals surface area contributed by atoms with E-state index in [0.717, 1.165) is 28.7 Å². The summed E-state index contributed by atoms with van der Waals surface area (Å²) in [5.74, 6) is -3.82. The number of amides is 5. The highest BCUT2D eigenvalue weighted by atomic mass is 32.2. The van der Waals surface area contributed by atoms with Gasteiger partial charge in [-0.2, -0.15) is 0 Å². The van der Waals surface area contributed by atoms with Gasteiger partial charge in [-0.15, -0.1) is 11.3 Å². The molecule has 18 heteroatoms. The highest BCUT2D eigenvalue weighted by Gasteiger charge is 2.43. The summed E-state index contributed by atoms with van der Waals surface area (Å²) < 4.78 is 33.6. The minimum absolute atomic E-state index is 0.0850. The van der Waals surface area contributed by atoms with Crippen molar-refractivity contribution in [3.05, 3.63) is 124 Å². The fraction of sp³-hybridized carbons (Fsp3) is 0.326. The Bertz CT molecular complexity index is 2530. The van der Waals surface area contributed by atoms with Gasteiger partial charge >= 0.3 is 11.9 Å². The minimum Gasteiger partial charge on any atom is -0.466 e. The van der Waals surface area contributed by atoms with E-state index in [9.17, 15) is 42.0 Å². The van der Waals surface area contributed by atoms with E-state index >= 15 is 0 Å². The molecule has 1 aliphatic heterocycles. The number of nitrogens with zero attached hydrogens (tertiary/aromatic N) is 2. The summed E-state index contributed by atoms with van der Waals surface area (Å²) in [6.45, 7) is 7.13. The van der Waals surface area contributed by atoms with Gasteiger partial charge in [0.05, 0.1) is 18.5 Å². The second-order valence-electron chi connectivity index (χ2n) is 16.2. The molecule has 0 bridgehead atoms. The normalized spacial score (nSPS) is 14.9. The van der Waals surface area contributed by atoms with Crippen molar-refractivity contribution in [3.8, 4) is 0 Å². The van der Waals surface area contributed by atoms with Gasteiger partial charge in [0.15, 0.2) is 9.84 Å². The van der Waals surface area contributed by atoms with Crippen LogP contribution in [0.25, 0.3) is 6.08 Å². The van der Waals surface area contributed by atoms with Crippen molar-refractivity contribution >= 4 is 74.4 Å². The Hall–Kier alpha value is -6.66. The van der Waals surface area contributed by atoms with Crippen LogP contribution in [0.2, 0.25) is 0 Å².